The quantitative estimate of drug-likeness (QED) is 0.672. The van der Waals surface area contributed by atoms with Crippen LogP contribution in [0.4, 0.5) is 13.2 Å². The minimum atomic E-state index is -4.63. The van der Waals surface area contributed by atoms with E-state index in [0.717, 1.165) is 22.5 Å². The molecule has 0 aromatic heterocycles. The third-order valence-electron chi connectivity index (χ3n) is 5.30. The lowest BCUT2D eigenvalue weighted by Gasteiger charge is -2.29. The lowest BCUT2D eigenvalue weighted by Crippen LogP contribution is -2.41. The van der Waals surface area contributed by atoms with Crippen LogP contribution in [0.15, 0.2) is 34.3 Å². The van der Waals surface area contributed by atoms with Gasteiger partial charge < -0.3 is 14.8 Å². The molecule has 0 spiro atoms. The van der Waals surface area contributed by atoms with Gasteiger partial charge in [-0.15, -0.1) is 0 Å². The number of halogens is 3. The Labute approximate surface area is 178 Å². The molecule has 0 aliphatic carbocycles. The molecule has 172 valence electrons. The highest BCUT2D eigenvalue weighted by Crippen LogP contribution is 2.31. The predicted molar refractivity (Wildman–Crippen MR) is 105 cm³/mol. The molecule has 0 unspecified atom stereocenters. The average Bonchev–Trinajstić information content (AvgIpc) is 2.74. The summed E-state index contributed by atoms with van der Waals surface area (Å²) in [5.74, 6) is -0.235. The maximum atomic E-state index is 12.9. The van der Waals surface area contributed by atoms with Crippen LogP contribution in [0.5, 0.6) is 0 Å². The van der Waals surface area contributed by atoms with E-state index in [1.165, 1.54) is 0 Å². The number of carbonyl (C=O) groups excluding carboxylic acids is 1. The summed E-state index contributed by atoms with van der Waals surface area (Å²) in [7, 11) is -4.06. The van der Waals surface area contributed by atoms with E-state index in [4.69, 9.17) is 4.84 Å². The fraction of sp³-hybridized carbons (Fsp3) is 0.579. The van der Waals surface area contributed by atoms with Crippen LogP contribution in [0.3, 0.4) is 0 Å². The Bertz CT molecular complexity index is 918. The summed E-state index contributed by atoms with van der Waals surface area (Å²) in [6.45, 7) is 0.786. The molecule has 1 aromatic carbocycles. The van der Waals surface area contributed by atoms with Gasteiger partial charge in [-0.05, 0) is 31.0 Å². The lowest BCUT2D eigenvalue weighted by atomic mass is 10.1. The Balaban J connectivity index is 1.52. The number of amides is 1. The molecule has 3 rings (SSSR count). The van der Waals surface area contributed by atoms with Crippen LogP contribution >= 0.6 is 0 Å². The fourth-order valence-corrected chi connectivity index (χ4v) is 4.93. The maximum absolute atomic E-state index is 12.9. The van der Waals surface area contributed by atoms with Crippen molar-refractivity contribution < 1.29 is 36.3 Å². The summed E-state index contributed by atoms with van der Waals surface area (Å²) in [6, 6.07) is 3.67. The van der Waals surface area contributed by atoms with Crippen molar-refractivity contribution in [2.24, 2.45) is 5.16 Å². The van der Waals surface area contributed by atoms with Gasteiger partial charge in [-0.2, -0.15) is 17.5 Å². The van der Waals surface area contributed by atoms with Gasteiger partial charge in [0.15, 0.2) is 6.61 Å². The zero-order valence-corrected chi connectivity index (χ0v) is 17.5. The fourth-order valence-electron chi connectivity index (χ4n) is 3.44. The van der Waals surface area contributed by atoms with Crippen LogP contribution in [0.1, 0.15) is 31.2 Å². The second kappa shape index (κ2) is 9.53. The zero-order chi connectivity index (χ0) is 22.6. The monoisotopic (exact) mass is 463 g/mol. The van der Waals surface area contributed by atoms with Crippen molar-refractivity contribution in [3.63, 3.8) is 0 Å². The molecule has 2 saturated heterocycles. The van der Waals surface area contributed by atoms with Crippen molar-refractivity contribution in [3.05, 3.63) is 29.8 Å². The molecule has 2 heterocycles. The number of rotatable bonds is 5. The number of piperidine rings is 2. The largest absolute Gasteiger partial charge is 0.416 e. The number of aliphatic hydroxyl groups is 1. The summed E-state index contributed by atoms with van der Waals surface area (Å²) in [5.41, 5.74) is -0.438. The first kappa shape index (κ1) is 23.5. The second-order valence-corrected chi connectivity index (χ2v) is 9.41. The first-order valence-electron chi connectivity index (χ1n) is 9.88. The molecule has 1 aromatic rings. The number of alkyl halides is 3. The third-order valence-corrected chi connectivity index (χ3v) is 7.19. The highest BCUT2D eigenvalue weighted by molar-refractivity contribution is 7.89. The van der Waals surface area contributed by atoms with Crippen LogP contribution in [0.2, 0.25) is 0 Å². The Morgan fingerprint density at radius 1 is 1.16 bits per heavy atom. The molecule has 2 aliphatic rings. The van der Waals surface area contributed by atoms with Crippen LogP contribution in [-0.2, 0) is 25.8 Å². The first-order valence-corrected chi connectivity index (χ1v) is 11.3. The van der Waals surface area contributed by atoms with E-state index in [0.29, 0.717) is 37.7 Å². The average molecular weight is 463 g/mol. The molecule has 1 N–H and O–H groups in total. The van der Waals surface area contributed by atoms with E-state index in [2.05, 4.69) is 5.16 Å². The molecule has 8 nitrogen and oxygen atoms in total. The van der Waals surface area contributed by atoms with Gasteiger partial charge in [0.25, 0.3) is 5.91 Å². The van der Waals surface area contributed by atoms with Crippen molar-refractivity contribution >= 4 is 21.6 Å². The lowest BCUT2D eigenvalue weighted by molar-refractivity contribution is -0.138. The van der Waals surface area contributed by atoms with Gasteiger partial charge in [0.05, 0.1) is 22.3 Å². The van der Waals surface area contributed by atoms with Gasteiger partial charge in [-0.3, -0.25) is 4.79 Å². The minimum absolute atomic E-state index is 0.0543. The Kier molecular flexibility index (Phi) is 7.22. The highest BCUT2D eigenvalue weighted by atomic mass is 32.2. The molecule has 12 heteroatoms. The summed E-state index contributed by atoms with van der Waals surface area (Å²) >= 11 is 0. The Morgan fingerprint density at radius 3 is 2.42 bits per heavy atom. The second-order valence-electron chi connectivity index (χ2n) is 7.47. The number of aliphatic hydroxyl groups excluding tert-OH is 1. The van der Waals surface area contributed by atoms with E-state index in [9.17, 15) is 31.5 Å². The van der Waals surface area contributed by atoms with E-state index in [1.54, 1.807) is 4.90 Å². The number of nitrogens with zero attached hydrogens (tertiary/aromatic N) is 3. The normalized spacial score (nSPS) is 19.4. The van der Waals surface area contributed by atoms with Crippen LogP contribution in [0.25, 0.3) is 0 Å². The van der Waals surface area contributed by atoms with Gasteiger partial charge in [0.1, 0.15) is 0 Å². The summed E-state index contributed by atoms with van der Waals surface area (Å²) in [6.07, 6.45) is -3.46. The van der Waals surface area contributed by atoms with Crippen LogP contribution < -0.4 is 0 Å². The van der Waals surface area contributed by atoms with Crippen molar-refractivity contribution in [1.82, 2.24) is 9.21 Å². The Hall–Kier alpha value is -2.18. The topological polar surface area (TPSA) is 99.5 Å². The highest BCUT2D eigenvalue weighted by Gasteiger charge is 2.34. The molecule has 2 fully saturated rings. The smallest absolute Gasteiger partial charge is 0.393 e. The summed E-state index contributed by atoms with van der Waals surface area (Å²) in [4.78, 5) is 18.4. The number of hydrogen-bond acceptors (Lipinski definition) is 6. The van der Waals surface area contributed by atoms with Gasteiger partial charge in [0.2, 0.25) is 10.0 Å². The minimum Gasteiger partial charge on any atom is -0.393 e. The van der Waals surface area contributed by atoms with Crippen molar-refractivity contribution in [1.29, 1.82) is 0 Å². The number of carbonyl (C=O) groups is 1. The standard InChI is InChI=1S/C19H24F3N3O5S/c20-19(21,22)14-2-1-3-17(12-14)31(28,29)25-10-4-15(5-11-25)23-30-13-18(27)24-8-6-16(26)7-9-24/h1-3,12,16,26H,4-11,13H2. The molecule has 0 bridgehead atoms. The van der Waals surface area contributed by atoms with Gasteiger partial charge >= 0.3 is 6.18 Å². The van der Waals surface area contributed by atoms with Gasteiger partial charge in [0, 0.05) is 39.0 Å². The van der Waals surface area contributed by atoms with E-state index >= 15 is 0 Å². The van der Waals surface area contributed by atoms with Crippen molar-refractivity contribution in [2.75, 3.05) is 32.8 Å². The number of sulfonamides is 1. The maximum Gasteiger partial charge on any atom is 0.416 e. The first-order chi connectivity index (χ1) is 14.6. The van der Waals surface area contributed by atoms with Crippen LogP contribution in [0, 0.1) is 0 Å². The number of oxime groups is 1. The molecule has 1 amide bonds. The number of benzene rings is 1. The number of likely N-dealkylation sites (tertiary alicyclic amines) is 1. The SMILES string of the molecule is O=C(CON=C1CCN(S(=O)(=O)c2cccc(C(F)(F)F)c2)CC1)N1CCC(O)CC1. The molecule has 2 aliphatic heterocycles. The molecular weight excluding hydrogens is 439 g/mol. The molecule has 0 radical (unpaired) electrons. The molecule has 0 saturated carbocycles. The van der Waals surface area contributed by atoms with E-state index in [-0.39, 0.29) is 44.5 Å². The molecular formula is C19H24F3N3O5S. The summed E-state index contributed by atoms with van der Waals surface area (Å²) < 4.78 is 65.2. The summed E-state index contributed by atoms with van der Waals surface area (Å²) in [5, 5.41) is 13.4. The third kappa shape index (κ3) is 5.95. The van der Waals surface area contributed by atoms with E-state index in [1.807, 2.05) is 0 Å². The molecule has 31 heavy (non-hydrogen) atoms. The van der Waals surface area contributed by atoms with Gasteiger partial charge in [-0.1, -0.05) is 11.2 Å². The van der Waals surface area contributed by atoms with Crippen LogP contribution in [-0.4, -0.2) is 73.2 Å². The predicted octanol–water partition coefficient (Wildman–Crippen LogP) is 1.85. The van der Waals surface area contributed by atoms with E-state index < -0.39 is 26.7 Å². The van der Waals surface area contributed by atoms with Crippen molar-refractivity contribution in [2.45, 2.75) is 42.9 Å². The molecule has 0 atom stereocenters. The van der Waals surface area contributed by atoms with Gasteiger partial charge in [-0.25, -0.2) is 8.42 Å². The van der Waals surface area contributed by atoms with Crippen molar-refractivity contribution in [3.8, 4) is 0 Å². The zero-order valence-electron chi connectivity index (χ0n) is 16.7. The Morgan fingerprint density at radius 2 is 1.81 bits per heavy atom. The number of hydrogen-bond donors (Lipinski definition) is 1.